The Labute approximate surface area is 220 Å². The van der Waals surface area contributed by atoms with E-state index in [0.29, 0.717) is 25.8 Å². The lowest BCUT2D eigenvalue weighted by atomic mass is 10.0. The van der Waals surface area contributed by atoms with E-state index in [1.54, 1.807) is 0 Å². The van der Waals surface area contributed by atoms with Crippen LogP contribution in [0.4, 0.5) is 0 Å². The number of nitrogens with one attached hydrogen (secondary N) is 5. The molecule has 0 aromatic rings. The third kappa shape index (κ3) is 14.1. The van der Waals surface area contributed by atoms with E-state index in [1.165, 1.54) is 20.8 Å². The summed E-state index contributed by atoms with van der Waals surface area (Å²) in [6, 6.07) is -4.82. The Morgan fingerprint density at radius 2 is 1.32 bits per heavy atom. The summed E-state index contributed by atoms with van der Waals surface area (Å²) in [5.74, 6) is -7.21. The molecule has 0 saturated carbocycles. The van der Waals surface area contributed by atoms with Crippen LogP contribution in [0.25, 0.3) is 0 Å². The first kappa shape index (κ1) is 34.2. The van der Waals surface area contributed by atoms with Crippen molar-refractivity contribution in [2.24, 2.45) is 17.4 Å². The van der Waals surface area contributed by atoms with Crippen molar-refractivity contribution in [3.05, 3.63) is 0 Å². The Morgan fingerprint density at radius 3 is 1.82 bits per heavy atom. The van der Waals surface area contributed by atoms with Crippen molar-refractivity contribution in [3.8, 4) is 0 Å². The summed E-state index contributed by atoms with van der Waals surface area (Å²) < 4.78 is 0. The Hall–Kier alpha value is -3.79. The third-order valence-electron chi connectivity index (χ3n) is 5.18. The van der Waals surface area contributed by atoms with Gasteiger partial charge in [0.1, 0.15) is 18.1 Å². The van der Waals surface area contributed by atoms with Crippen LogP contribution in [0.15, 0.2) is 0 Å². The van der Waals surface area contributed by atoms with E-state index < -0.39 is 91.1 Å². The number of carbonyl (C=O) groups is 7. The van der Waals surface area contributed by atoms with Crippen LogP contribution in [0.2, 0.25) is 0 Å². The van der Waals surface area contributed by atoms with Crippen molar-refractivity contribution >= 4 is 41.5 Å². The number of rotatable bonds is 18. The normalized spacial score (nSPS) is 13.8. The van der Waals surface area contributed by atoms with E-state index in [9.17, 15) is 38.7 Å². The average molecular weight is 546 g/mol. The SMILES string of the molecule is CC(C)[C@H](NC(=O)[C@H](CC(=O)O)NC(=O)CNC(=O)[C@H](C)NC(=O)CNC(=O)[C@@H](N)CCCCN)C(=O)O. The van der Waals surface area contributed by atoms with Crippen LogP contribution >= 0.6 is 0 Å². The number of carboxylic acid groups (broad SMARTS) is 2. The molecule has 0 heterocycles. The van der Waals surface area contributed by atoms with Gasteiger partial charge < -0.3 is 48.3 Å². The summed E-state index contributed by atoms with van der Waals surface area (Å²) in [7, 11) is 0. The van der Waals surface area contributed by atoms with Crippen LogP contribution in [0.5, 0.6) is 0 Å². The lowest BCUT2D eigenvalue weighted by Crippen LogP contribution is -2.55. The first-order valence-corrected chi connectivity index (χ1v) is 12.0. The molecule has 0 spiro atoms. The average Bonchev–Trinajstić information content (AvgIpc) is 2.82. The monoisotopic (exact) mass is 545 g/mol. The van der Waals surface area contributed by atoms with Gasteiger partial charge in [0.05, 0.1) is 25.6 Å². The van der Waals surface area contributed by atoms with Gasteiger partial charge >= 0.3 is 11.9 Å². The van der Waals surface area contributed by atoms with E-state index in [4.69, 9.17) is 16.6 Å². The largest absolute Gasteiger partial charge is 0.481 e. The van der Waals surface area contributed by atoms with E-state index in [2.05, 4.69) is 26.6 Å². The van der Waals surface area contributed by atoms with Gasteiger partial charge in [0, 0.05) is 0 Å². The third-order valence-corrected chi connectivity index (χ3v) is 5.18. The number of carboxylic acids is 2. The number of carbonyl (C=O) groups excluding carboxylic acids is 5. The quantitative estimate of drug-likeness (QED) is 0.0758. The zero-order valence-electron chi connectivity index (χ0n) is 21.7. The van der Waals surface area contributed by atoms with Crippen molar-refractivity contribution in [3.63, 3.8) is 0 Å². The fraction of sp³-hybridized carbons (Fsp3) is 0.682. The molecule has 4 atom stereocenters. The predicted molar refractivity (Wildman–Crippen MR) is 133 cm³/mol. The molecule has 16 heteroatoms. The van der Waals surface area contributed by atoms with Gasteiger partial charge in [-0.15, -0.1) is 0 Å². The Balaban J connectivity index is 4.72. The van der Waals surface area contributed by atoms with Crippen LogP contribution in [0, 0.1) is 5.92 Å². The van der Waals surface area contributed by atoms with Gasteiger partial charge in [0.15, 0.2) is 0 Å². The zero-order valence-corrected chi connectivity index (χ0v) is 21.7. The highest BCUT2D eigenvalue weighted by atomic mass is 16.4. The van der Waals surface area contributed by atoms with Crippen molar-refractivity contribution in [2.75, 3.05) is 19.6 Å². The van der Waals surface area contributed by atoms with Crippen LogP contribution in [-0.2, 0) is 33.6 Å². The highest BCUT2D eigenvalue weighted by molar-refractivity contribution is 5.95. The van der Waals surface area contributed by atoms with E-state index in [1.807, 2.05) is 0 Å². The number of hydrogen-bond donors (Lipinski definition) is 9. The molecule has 0 aliphatic carbocycles. The first-order valence-electron chi connectivity index (χ1n) is 12.0. The van der Waals surface area contributed by atoms with Gasteiger partial charge in [-0.2, -0.15) is 0 Å². The Bertz CT molecular complexity index is 866. The van der Waals surface area contributed by atoms with Gasteiger partial charge in [-0.25, -0.2) is 4.79 Å². The molecule has 216 valence electrons. The highest BCUT2D eigenvalue weighted by Crippen LogP contribution is 2.04. The van der Waals surface area contributed by atoms with Crippen LogP contribution in [0.3, 0.4) is 0 Å². The van der Waals surface area contributed by atoms with E-state index in [-0.39, 0.29) is 0 Å². The summed E-state index contributed by atoms with van der Waals surface area (Å²) in [6.07, 6.45) is 0.941. The van der Waals surface area contributed by atoms with Gasteiger partial charge in [0.25, 0.3) is 0 Å². The minimum Gasteiger partial charge on any atom is -0.481 e. The maximum Gasteiger partial charge on any atom is 0.326 e. The molecule has 0 aliphatic rings. The van der Waals surface area contributed by atoms with Crippen molar-refractivity contribution in [2.45, 2.75) is 70.6 Å². The summed E-state index contributed by atoms with van der Waals surface area (Å²) in [5, 5.41) is 29.4. The molecule has 0 bridgehead atoms. The van der Waals surface area contributed by atoms with E-state index >= 15 is 0 Å². The standard InChI is InChI=1S/C22H39N7O9/c1-11(2)18(22(37)38)29-21(36)14(8-17(32)33)28-16(31)10-25-19(34)12(3)27-15(30)9-26-20(35)13(24)6-4-5-7-23/h11-14,18H,4-10,23-24H2,1-3H3,(H,25,34)(H,26,35)(H,27,30)(H,28,31)(H,29,36)(H,32,33)(H,37,38)/t12-,13-,14-,18-/m0/s1. The van der Waals surface area contributed by atoms with Crippen LogP contribution in [-0.4, -0.2) is 95.5 Å². The molecule has 0 aromatic heterocycles. The molecular formula is C22H39N7O9. The predicted octanol–water partition coefficient (Wildman–Crippen LogP) is -3.64. The molecule has 0 aliphatic heterocycles. The van der Waals surface area contributed by atoms with Gasteiger partial charge in [-0.3, -0.25) is 28.8 Å². The molecule has 0 fully saturated rings. The zero-order chi connectivity index (χ0) is 29.4. The molecule has 38 heavy (non-hydrogen) atoms. The maximum absolute atomic E-state index is 12.4. The van der Waals surface area contributed by atoms with Gasteiger partial charge in [-0.05, 0) is 32.2 Å². The van der Waals surface area contributed by atoms with E-state index in [0.717, 1.165) is 0 Å². The van der Waals surface area contributed by atoms with Crippen molar-refractivity contribution in [1.29, 1.82) is 0 Å². The number of nitrogens with two attached hydrogens (primary N) is 2. The number of aliphatic carboxylic acids is 2. The maximum atomic E-state index is 12.4. The lowest BCUT2D eigenvalue weighted by Gasteiger charge is -2.22. The smallest absolute Gasteiger partial charge is 0.326 e. The molecule has 11 N–H and O–H groups in total. The Kier molecular flexibility index (Phi) is 15.9. The highest BCUT2D eigenvalue weighted by Gasteiger charge is 2.30. The van der Waals surface area contributed by atoms with Gasteiger partial charge in [-0.1, -0.05) is 20.3 Å². The van der Waals surface area contributed by atoms with Crippen molar-refractivity contribution in [1.82, 2.24) is 26.6 Å². The summed E-state index contributed by atoms with van der Waals surface area (Å²) in [4.78, 5) is 83.1. The second-order valence-electron chi connectivity index (χ2n) is 8.90. The number of unbranched alkanes of at least 4 members (excludes halogenated alkanes) is 1. The second-order valence-corrected chi connectivity index (χ2v) is 8.90. The topological polar surface area (TPSA) is 272 Å². The molecule has 0 aromatic carbocycles. The van der Waals surface area contributed by atoms with Crippen LogP contribution < -0.4 is 38.1 Å². The molecule has 16 nitrogen and oxygen atoms in total. The lowest BCUT2D eigenvalue weighted by molar-refractivity contribution is -0.144. The minimum absolute atomic E-state index is 0.401. The van der Waals surface area contributed by atoms with Crippen LogP contribution in [0.1, 0.15) is 46.5 Å². The molecule has 5 amide bonds. The fourth-order valence-corrected chi connectivity index (χ4v) is 3.01. The first-order chi connectivity index (χ1) is 17.7. The Morgan fingerprint density at radius 1 is 0.763 bits per heavy atom. The molecule has 0 unspecified atom stereocenters. The summed E-state index contributed by atoms with van der Waals surface area (Å²) in [6.45, 7) is 3.77. The molecular weight excluding hydrogens is 506 g/mol. The van der Waals surface area contributed by atoms with Crippen molar-refractivity contribution < 1.29 is 43.8 Å². The molecule has 0 saturated heterocycles. The molecule has 0 radical (unpaired) electrons. The van der Waals surface area contributed by atoms with Gasteiger partial charge in [0.2, 0.25) is 29.5 Å². The number of hydrogen-bond acceptors (Lipinski definition) is 9. The second kappa shape index (κ2) is 17.6. The molecule has 0 rings (SSSR count). The summed E-state index contributed by atoms with van der Waals surface area (Å²) in [5.41, 5.74) is 11.1. The number of amides is 5. The fourth-order valence-electron chi connectivity index (χ4n) is 3.01. The summed E-state index contributed by atoms with van der Waals surface area (Å²) >= 11 is 0. The minimum atomic E-state index is -1.60.